The molecule has 1 aromatic rings. The van der Waals surface area contributed by atoms with E-state index < -0.39 is 0 Å². The Balaban J connectivity index is 2.99. The van der Waals surface area contributed by atoms with E-state index in [0.29, 0.717) is 12.5 Å². The highest BCUT2D eigenvalue weighted by Gasteiger charge is 2.06. The lowest BCUT2D eigenvalue weighted by atomic mass is 10.0. The average Bonchev–Trinajstić information content (AvgIpc) is 2.70. The molecule has 0 saturated heterocycles. The summed E-state index contributed by atoms with van der Waals surface area (Å²) in [5.41, 5.74) is 8.35. The van der Waals surface area contributed by atoms with E-state index >= 15 is 0 Å². The third kappa shape index (κ3) is 8.51. The van der Waals surface area contributed by atoms with E-state index in [1.165, 1.54) is 11.1 Å². The molecule has 2 nitrogen and oxygen atoms in total. The molecule has 1 N–H and O–H groups in total. The molecule has 156 valence electrons. The number of benzene rings is 1. The summed E-state index contributed by atoms with van der Waals surface area (Å²) in [5.74, 6) is 0.504. The van der Waals surface area contributed by atoms with Gasteiger partial charge in [-0.25, -0.2) is 0 Å². The molecule has 29 heavy (non-hydrogen) atoms. The number of hydrogen-bond donors (Lipinski definition) is 1. The van der Waals surface area contributed by atoms with Crippen molar-refractivity contribution in [1.29, 1.82) is 0 Å². The van der Waals surface area contributed by atoms with E-state index in [4.69, 9.17) is 4.99 Å². The zero-order valence-corrected chi connectivity index (χ0v) is 19.2. The van der Waals surface area contributed by atoms with Gasteiger partial charge >= 0.3 is 0 Å². The van der Waals surface area contributed by atoms with Crippen LogP contribution in [0.1, 0.15) is 65.5 Å². The number of aliphatic imine (C=N–C) groups is 1. The maximum absolute atomic E-state index is 4.83. The van der Waals surface area contributed by atoms with Gasteiger partial charge in [-0.1, -0.05) is 82.8 Å². The van der Waals surface area contributed by atoms with Crippen molar-refractivity contribution in [2.75, 3.05) is 0 Å². The molecule has 1 atom stereocenters. The molecule has 2 heteroatoms. The Hall–Kier alpha value is -2.61. The topological polar surface area (TPSA) is 24.4 Å². The highest BCUT2D eigenvalue weighted by Crippen LogP contribution is 2.17. The molecular weight excluding hydrogens is 352 g/mol. The summed E-state index contributed by atoms with van der Waals surface area (Å²) in [5, 5.41) is 3.43. The molecule has 0 bridgehead atoms. The van der Waals surface area contributed by atoms with E-state index in [1.54, 1.807) is 0 Å². The van der Waals surface area contributed by atoms with Gasteiger partial charge in [0.25, 0.3) is 0 Å². The summed E-state index contributed by atoms with van der Waals surface area (Å²) in [6, 6.07) is 8.53. The van der Waals surface area contributed by atoms with E-state index in [0.717, 1.165) is 46.7 Å². The summed E-state index contributed by atoms with van der Waals surface area (Å²) in [4.78, 5) is 4.83. The van der Waals surface area contributed by atoms with E-state index in [-0.39, 0.29) is 0 Å². The monoisotopic (exact) mass is 390 g/mol. The number of allylic oxidation sites excluding steroid dienone is 6. The molecule has 0 aliphatic heterocycles. The molecule has 0 aromatic heterocycles. The molecule has 0 saturated carbocycles. The second-order valence-electron chi connectivity index (χ2n) is 7.78. The van der Waals surface area contributed by atoms with Gasteiger partial charge in [0, 0.05) is 12.2 Å². The lowest BCUT2D eigenvalue weighted by Crippen LogP contribution is -2.18. The van der Waals surface area contributed by atoms with Gasteiger partial charge in [-0.2, -0.15) is 0 Å². The maximum Gasteiger partial charge on any atom is 0.0860 e. The van der Waals surface area contributed by atoms with Gasteiger partial charge in [-0.05, 0) is 61.5 Å². The first-order valence-electron chi connectivity index (χ1n) is 10.5. The minimum Gasteiger partial charge on any atom is -0.380 e. The molecule has 1 unspecified atom stereocenters. The second kappa shape index (κ2) is 12.1. The van der Waals surface area contributed by atoms with Crippen molar-refractivity contribution in [2.45, 2.75) is 60.9 Å². The second-order valence-corrected chi connectivity index (χ2v) is 7.78. The highest BCUT2D eigenvalue weighted by atomic mass is 14.9. The van der Waals surface area contributed by atoms with E-state index in [9.17, 15) is 0 Å². The standard InChI is InChI=1S/C27H38N2/c1-10-20(5)16-23(8)29-27(17-22(7)19(3)4)24(9)28-18-25-12-14-26(15-13-25)21(6)11-2/h12-17,20,28H,3,6,9-11,18H2,1-2,4-5,7-8H3/b22-17+,23-16+,29-27-. The molecule has 0 fully saturated rings. The Morgan fingerprint density at radius 2 is 1.69 bits per heavy atom. The van der Waals surface area contributed by atoms with Crippen LogP contribution in [-0.2, 0) is 6.54 Å². The number of rotatable bonds is 11. The summed E-state index contributed by atoms with van der Waals surface area (Å²) in [6.45, 7) is 25.7. The predicted molar refractivity (Wildman–Crippen MR) is 131 cm³/mol. The first-order chi connectivity index (χ1) is 13.7. The van der Waals surface area contributed by atoms with Crippen molar-refractivity contribution in [3.63, 3.8) is 0 Å². The van der Waals surface area contributed by atoms with Crippen LogP contribution in [0.3, 0.4) is 0 Å². The Morgan fingerprint density at radius 3 is 2.21 bits per heavy atom. The van der Waals surface area contributed by atoms with Crippen molar-refractivity contribution in [1.82, 2.24) is 5.32 Å². The lowest BCUT2D eigenvalue weighted by molar-refractivity contribution is 0.692. The average molecular weight is 391 g/mol. The largest absolute Gasteiger partial charge is 0.380 e. The fourth-order valence-electron chi connectivity index (χ4n) is 2.63. The third-order valence-electron chi connectivity index (χ3n) is 5.10. The quantitative estimate of drug-likeness (QED) is 0.305. The van der Waals surface area contributed by atoms with Crippen LogP contribution >= 0.6 is 0 Å². The molecule has 1 aromatic carbocycles. The van der Waals surface area contributed by atoms with Crippen LogP contribution in [0, 0.1) is 5.92 Å². The molecule has 0 aliphatic rings. The van der Waals surface area contributed by atoms with Crippen molar-refractivity contribution >= 4 is 11.3 Å². The number of nitrogens with zero attached hydrogens (tertiary/aromatic N) is 1. The molecule has 1 rings (SSSR count). The summed E-state index contributed by atoms with van der Waals surface area (Å²) < 4.78 is 0. The van der Waals surface area contributed by atoms with E-state index in [2.05, 4.69) is 89.2 Å². The molecule has 0 radical (unpaired) electrons. The SMILES string of the molecule is C=C(NCc1ccc(C(=C)CC)cc1)C(/C=C(\C)C(=C)C)=N\C(C)=C\C(C)CC. The molecule has 0 amide bonds. The lowest BCUT2D eigenvalue weighted by Gasteiger charge is -2.13. The van der Waals surface area contributed by atoms with Gasteiger partial charge < -0.3 is 5.32 Å². The zero-order valence-electron chi connectivity index (χ0n) is 19.2. The first kappa shape index (κ1) is 24.4. The fraction of sp³-hybridized carbons (Fsp3) is 0.370. The van der Waals surface area contributed by atoms with Gasteiger partial charge in [-0.3, -0.25) is 4.99 Å². The highest BCUT2D eigenvalue weighted by molar-refractivity contribution is 6.08. The van der Waals surface area contributed by atoms with Crippen LogP contribution in [0.5, 0.6) is 0 Å². The van der Waals surface area contributed by atoms with Crippen LogP contribution in [-0.4, -0.2) is 5.71 Å². The van der Waals surface area contributed by atoms with Crippen LogP contribution in [0.2, 0.25) is 0 Å². The van der Waals surface area contributed by atoms with Crippen LogP contribution in [0.25, 0.3) is 5.57 Å². The normalized spacial score (nSPS) is 13.8. The Kier molecular flexibility index (Phi) is 10.2. The third-order valence-corrected chi connectivity index (χ3v) is 5.10. The van der Waals surface area contributed by atoms with Gasteiger partial charge in [0.2, 0.25) is 0 Å². The van der Waals surface area contributed by atoms with Gasteiger partial charge in [0.05, 0.1) is 11.4 Å². The van der Waals surface area contributed by atoms with Gasteiger partial charge in [0.1, 0.15) is 0 Å². The van der Waals surface area contributed by atoms with Crippen LogP contribution < -0.4 is 5.32 Å². The van der Waals surface area contributed by atoms with Gasteiger partial charge in [-0.15, -0.1) is 0 Å². The van der Waals surface area contributed by atoms with Crippen molar-refractivity contribution in [3.8, 4) is 0 Å². The summed E-state index contributed by atoms with van der Waals surface area (Å²) >= 11 is 0. The van der Waals surface area contributed by atoms with Gasteiger partial charge in [0.15, 0.2) is 0 Å². The zero-order chi connectivity index (χ0) is 22.0. The Labute approximate surface area is 178 Å². The molecular formula is C27H38N2. The van der Waals surface area contributed by atoms with Crippen molar-refractivity contribution in [3.05, 3.63) is 89.8 Å². The van der Waals surface area contributed by atoms with Crippen molar-refractivity contribution < 1.29 is 0 Å². The smallest absolute Gasteiger partial charge is 0.0860 e. The minimum absolute atomic E-state index is 0.504. The minimum atomic E-state index is 0.504. The molecule has 0 spiro atoms. The summed E-state index contributed by atoms with van der Waals surface area (Å²) in [7, 11) is 0. The van der Waals surface area contributed by atoms with E-state index in [1.807, 2.05) is 13.8 Å². The maximum atomic E-state index is 4.83. The Bertz CT molecular complexity index is 817. The first-order valence-corrected chi connectivity index (χ1v) is 10.5. The predicted octanol–water partition coefficient (Wildman–Crippen LogP) is 7.63. The fourth-order valence-corrected chi connectivity index (χ4v) is 2.63. The number of nitrogens with one attached hydrogen (secondary N) is 1. The summed E-state index contributed by atoms with van der Waals surface area (Å²) in [6.07, 6.45) is 6.32. The van der Waals surface area contributed by atoms with Crippen LogP contribution in [0.15, 0.2) is 83.7 Å². The molecule has 0 aliphatic carbocycles. The van der Waals surface area contributed by atoms with Crippen LogP contribution in [0.4, 0.5) is 0 Å². The number of hydrogen-bond acceptors (Lipinski definition) is 2. The van der Waals surface area contributed by atoms with Crippen molar-refractivity contribution in [2.24, 2.45) is 10.9 Å². The molecule has 0 heterocycles. The Morgan fingerprint density at radius 1 is 1.07 bits per heavy atom.